The fourth-order valence-electron chi connectivity index (χ4n) is 3.30. The van der Waals surface area contributed by atoms with Gasteiger partial charge in [0.15, 0.2) is 0 Å². The van der Waals surface area contributed by atoms with E-state index < -0.39 is 10.0 Å². The highest BCUT2D eigenvalue weighted by molar-refractivity contribution is 7.89. The van der Waals surface area contributed by atoms with E-state index in [-0.39, 0.29) is 18.0 Å². The molecule has 0 bridgehead atoms. The molecule has 0 saturated heterocycles. The van der Waals surface area contributed by atoms with Gasteiger partial charge in [0.05, 0.1) is 23.3 Å². The van der Waals surface area contributed by atoms with Gasteiger partial charge in [0.25, 0.3) is 0 Å². The highest BCUT2D eigenvalue weighted by Gasteiger charge is 2.26. The van der Waals surface area contributed by atoms with Gasteiger partial charge in [-0.2, -0.15) is 4.31 Å². The van der Waals surface area contributed by atoms with Crippen molar-refractivity contribution in [1.29, 1.82) is 0 Å². The Balaban J connectivity index is 1.62. The smallest absolute Gasteiger partial charge is 0.243 e. The van der Waals surface area contributed by atoms with E-state index in [2.05, 4.69) is 4.99 Å². The summed E-state index contributed by atoms with van der Waals surface area (Å²) in [6.07, 6.45) is 1.60. The average Bonchev–Trinajstić information content (AvgIpc) is 3.27. The number of hydrogen-bond donors (Lipinski definition) is 0. The molecule has 0 amide bonds. The number of hydrogen-bond acceptors (Lipinski definition) is 4. The number of sulfonamides is 1. The molecule has 0 saturated carbocycles. The van der Waals surface area contributed by atoms with Crippen LogP contribution in [0.2, 0.25) is 10.0 Å². The van der Waals surface area contributed by atoms with Crippen LogP contribution in [0.5, 0.6) is 0 Å². The van der Waals surface area contributed by atoms with Crippen LogP contribution in [0.25, 0.3) is 0 Å². The molecular weight excluding hydrogens is 491 g/mol. The van der Waals surface area contributed by atoms with Gasteiger partial charge in [-0.3, -0.25) is 4.99 Å². The minimum atomic E-state index is -3.84. The molecular formula is C26H22Cl2N2O3S. The van der Waals surface area contributed by atoms with Crippen LogP contribution in [0.1, 0.15) is 22.6 Å². The van der Waals surface area contributed by atoms with Crippen molar-refractivity contribution in [2.24, 2.45) is 4.99 Å². The van der Waals surface area contributed by atoms with Gasteiger partial charge in [-0.25, -0.2) is 8.42 Å². The number of aryl methyl sites for hydroxylation is 1. The van der Waals surface area contributed by atoms with Crippen molar-refractivity contribution in [3.63, 3.8) is 0 Å². The lowest BCUT2D eigenvalue weighted by Gasteiger charge is -2.22. The molecule has 0 aliphatic carbocycles. The molecule has 5 nitrogen and oxygen atoms in total. The molecule has 0 radical (unpaired) electrons. The molecule has 174 valence electrons. The number of furan rings is 1. The summed E-state index contributed by atoms with van der Waals surface area (Å²) in [7, 11) is -3.84. The van der Waals surface area contributed by atoms with E-state index >= 15 is 0 Å². The lowest BCUT2D eigenvalue weighted by molar-refractivity contribution is 0.357. The maximum Gasteiger partial charge on any atom is 0.243 e. The highest BCUT2D eigenvalue weighted by atomic mass is 35.5. The first-order valence-corrected chi connectivity index (χ1v) is 12.7. The summed E-state index contributed by atoms with van der Waals surface area (Å²) < 4.78 is 34.3. The zero-order valence-corrected chi connectivity index (χ0v) is 20.7. The quantitative estimate of drug-likeness (QED) is 0.238. The van der Waals surface area contributed by atoms with Crippen LogP contribution in [-0.4, -0.2) is 18.9 Å². The second kappa shape index (κ2) is 10.6. The standard InChI is InChI=1S/C26H22Cl2N2O3S/c1-19-7-13-25(14-8-19)34(31,32)30(17-20-9-10-21(27)15-26(20)28)18-24-12-11-23(33-24)16-29-22-5-3-2-4-6-22/h2-16H,17-18H2,1H3. The predicted molar refractivity (Wildman–Crippen MR) is 136 cm³/mol. The van der Waals surface area contributed by atoms with E-state index in [1.54, 1.807) is 60.8 Å². The number of nitrogens with zero attached hydrogens (tertiary/aromatic N) is 2. The number of benzene rings is 3. The molecule has 0 aliphatic heterocycles. The maximum atomic E-state index is 13.5. The SMILES string of the molecule is Cc1ccc(S(=O)(=O)N(Cc2ccc(C=Nc3ccccc3)o2)Cc2ccc(Cl)cc2Cl)cc1. The van der Waals surface area contributed by atoms with Crippen LogP contribution in [0.3, 0.4) is 0 Å². The topological polar surface area (TPSA) is 62.9 Å². The third-order valence-electron chi connectivity index (χ3n) is 5.13. The van der Waals surface area contributed by atoms with Crippen molar-refractivity contribution >= 4 is 45.1 Å². The monoisotopic (exact) mass is 512 g/mol. The normalized spacial score (nSPS) is 12.0. The number of aliphatic imine (C=N–C) groups is 1. The van der Waals surface area contributed by atoms with E-state index in [0.717, 1.165) is 11.3 Å². The summed E-state index contributed by atoms with van der Waals surface area (Å²) in [5, 5.41) is 0.877. The van der Waals surface area contributed by atoms with Crippen molar-refractivity contribution in [3.05, 3.63) is 118 Å². The van der Waals surface area contributed by atoms with Crippen LogP contribution in [0.15, 0.2) is 99.2 Å². The van der Waals surface area contributed by atoms with Gasteiger partial charge >= 0.3 is 0 Å². The van der Waals surface area contributed by atoms with Gasteiger partial charge in [0.2, 0.25) is 10.0 Å². The van der Waals surface area contributed by atoms with Crippen molar-refractivity contribution in [1.82, 2.24) is 4.31 Å². The molecule has 34 heavy (non-hydrogen) atoms. The zero-order chi connectivity index (χ0) is 24.1. The Morgan fingerprint density at radius 2 is 1.65 bits per heavy atom. The van der Waals surface area contributed by atoms with E-state index in [9.17, 15) is 8.42 Å². The third kappa shape index (κ3) is 5.96. The average molecular weight is 513 g/mol. The van der Waals surface area contributed by atoms with E-state index in [4.69, 9.17) is 27.6 Å². The summed E-state index contributed by atoms with van der Waals surface area (Å²) in [5.74, 6) is 1.01. The molecule has 1 aromatic heterocycles. The van der Waals surface area contributed by atoms with E-state index in [1.165, 1.54) is 4.31 Å². The summed E-state index contributed by atoms with van der Waals surface area (Å²) in [5.41, 5.74) is 2.40. The molecule has 0 aliphatic rings. The molecule has 0 fully saturated rings. The lowest BCUT2D eigenvalue weighted by Crippen LogP contribution is -2.30. The Morgan fingerprint density at radius 3 is 2.35 bits per heavy atom. The number of rotatable bonds is 8. The second-order valence-electron chi connectivity index (χ2n) is 7.72. The second-order valence-corrected chi connectivity index (χ2v) is 10.5. The first kappa shape index (κ1) is 24.2. The summed E-state index contributed by atoms with van der Waals surface area (Å²) in [4.78, 5) is 4.58. The Kier molecular flexibility index (Phi) is 7.54. The van der Waals surface area contributed by atoms with Crippen LogP contribution in [0, 0.1) is 6.92 Å². The van der Waals surface area contributed by atoms with Crippen molar-refractivity contribution in [3.8, 4) is 0 Å². The molecule has 1 heterocycles. The Bertz CT molecular complexity index is 1400. The van der Waals surface area contributed by atoms with Gasteiger partial charge in [-0.1, -0.05) is 65.2 Å². The largest absolute Gasteiger partial charge is 0.459 e. The molecule has 0 unspecified atom stereocenters. The summed E-state index contributed by atoms with van der Waals surface area (Å²) in [6.45, 7) is 1.98. The molecule has 0 atom stereocenters. The van der Waals surface area contributed by atoms with Gasteiger partial charge in [0, 0.05) is 16.6 Å². The fraction of sp³-hybridized carbons (Fsp3) is 0.115. The van der Waals surface area contributed by atoms with Crippen molar-refractivity contribution in [2.75, 3.05) is 0 Å². The zero-order valence-electron chi connectivity index (χ0n) is 18.4. The maximum absolute atomic E-state index is 13.5. The van der Waals surface area contributed by atoms with Crippen LogP contribution in [0.4, 0.5) is 5.69 Å². The fourth-order valence-corrected chi connectivity index (χ4v) is 5.15. The van der Waals surface area contributed by atoms with Crippen molar-refractivity contribution < 1.29 is 12.8 Å². The minimum Gasteiger partial charge on any atom is -0.459 e. The predicted octanol–water partition coefficient (Wildman–Crippen LogP) is 7.04. The van der Waals surface area contributed by atoms with Crippen LogP contribution >= 0.6 is 23.2 Å². The summed E-state index contributed by atoms with van der Waals surface area (Å²) in [6, 6.07) is 24.7. The molecule has 4 aromatic rings. The minimum absolute atomic E-state index is 0.0222. The van der Waals surface area contributed by atoms with Crippen LogP contribution < -0.4 is 0 Å². The van der Waals surface area contributed by atoms with Gasteiger partial charge in [-0.15, -0.1) is 0 Å². The van der Waals surface area contributed by atoms with E-state index in [1.807, 2.05) is 37.3 Å². The molecule has 4 rings (SSSR count). The molecule has 8 heteroatoms. The van der Waals surface area contributed by atoms with Gasteiger partial charge < -0.3 is 4.42 Å². The Labute approximate surface area is 209 Å². The third-order valence-corrected chi connectivity index (χ3v) is 7.53. The molecule has 3 aromatic carbocycles. The van der Waals surface area contributed by atoms with E-state index in [0.29, 0.717) is 27.1 Å². The van der Waals surface area contributed by atoms with Crippen LogP contribution in [-0.2, 0) is 23.1 Å². The molecule has 0 N–H and O–H groups in total. The van der Waals surface area contributed by atoms with Crippen molar-refractivity contribution in [2.45, 2.75) is 24.9 Å². The Morgan fingerprint density at radius 1 is 0.912 bits per heavy atom. The Hall–Kier alpha value is -2.90. The van der Waals surface area contributed by atoms with Gasteiger partial charge in [0.1, 0.15) is 11.5 Å². The first-order chi connectivity index (χ1) is 16.3. The number of para-hydroxylation sites is 1. The molecule has 0 spiro atoms. The number of halogens is 2. The van der Waals surface area contributed by atoms with Gasteiger partial charge in [-0.05, 0) is 61.0 Å². The summed E-state index contributed by atoms with van der Waals surface area (Å²) >= 11 is 12.4. The first-order valence-electron chi connectivity index (χ1n) is 10.5. The lowest BCUT2D eigenvalue weighted by atomic mass is 10.2. The highest BCUT2D eigenvalue weighted by Crippen LogP contribution is 2.27.